The lowest BCUT2D eigenvalue weighted by molar-refractivity contribution is -0.140. The van der Waals surface area contributed by atoms with Crippen LogP contribution in [0.5, 0.6) is 5.88 Å². The molecule has 0 aliphatic heterocycles. The van der Waals surface area contributed by atoms with Crippen molar-refractivity contribution >= 4 is 34.1 Å². The molecular formula is C19H14F3N5O2S2. The molecule has 0 saturated carbocycles. The third-order valence-corrected chi connectivity index (χ3v) is 5.76. The Labute approximate surface area is 183 Å². The van der Waals surface area contributed by atoms with E-state index in [0.29, 0.717) is 22.1 Å². The number of benzene rings is 1. The fraction of sp³-hybridized carbons (Fsp3) is 0.211. The van der Waals surface area contributed by atoms with Crippen molar-refractivity contribution in [1.82, 2.24) is 15.0 Å². The van der Waals surface area contributed by atoms with E-state index in [2.05, 4.69) is 20.3 Å². The number of nitrogens with zero attached hydrogens (tertiary/aromatic N) is 4. The van der Waals surface area contributed by atoms with E-state index in [1.807, 2.05) is 13.0 Å². The lowest BCUT2D eigenvalue weighted by atomic mass is 10.1. The van der Waals surface area contributed by atoms with Crippen LogP contribution >= 0.6 is 23.1 Å². The Balaban J connectivity index is 2.06. The van der Waals surface area contributed by atoms with Gasteiger partial charge in [0.15, 0.2) is 10.8 Å². The second kappa shape index (κ2) is 9.32. The van der Waals surface area contributed by atoms with Crippen molar-refractivity contribution in [2.24, 2.45) is 0 Å². The fourth-order valence-corrected chi connectivity index (χ4v) is 4.38. The van der Waals surface area contributed by atoms with Crippen molar-refractivity contribution in [2.45, 2.75) is 18.1 Å². The Bertz CT molecular complexity index is 1160. The molecule has 7 nitrogen and oxygen atoms in total. The highest BCUT2D eigenvalue weighted by Crippen LogP contribution is 2.43. The number of rotatable bonds is 6. The molecule has 160 valence electrons. The zero-order valence-corrected chi connectivity index (χ0v) is 17.8. The maximum Gasteiger partial charge on any atom is 0.434 e. The number of anilines is 1. The fourth-order valence-electron chi connectivity index (χ4n) is 2.64. The molecular weight excluding hydrogens is 451 g/mol. The zero-order chi connectivity index (χ0) is 22.6. The summed E-state index contributed by atoms with van der Waals surface area (Å²) in [6, 6.07) is 7.76. The topological polar surface area (TPSA) is 101 Å². The number of hydrogen-bond acceptors (Lipinski definition) is 8. The number of halogens is 3. The second-order valence-corrected chi connectivity index (χ2v) is 8.05. The van der Waals surface area contributed by atoms with Crippen LogP contribution in [0.25, 0.3) is 10.4 Å². The molecule has 0 fully saturated rings. The maximum atomic E-state index is 13.6. The predicted molar refractivity (Wildman–Crippen MR) is 110 cm³/mol. The van der Waals surface area contributed by atoms with Crippen LogP contribution in [0, 0.1) is 11.3 Å². The summed E-state index contributed by atoms with van der Waals surface area (Å²) in [5.41, 5.74) is -1.04. The molecule has 0 atom stereocenters. The van der Waals surface area contributed by atoms with Gasteiger partial charge < -0.3 is 4.74 Å². The summed E-state index contributed by atoms with van der Waals surface area (Å²) < 4.78 is 46.0. The summed E-state index contributed by atoms with van der Waals surface area (Å²) in [6.07, 6.45) is -3.55. The SMILES string of the molecule is CCSc1ncnc(OC)c1C(=O)Nc1nc(C(F)(F)F)c(-c2ccccc2C#N)s1. The van der Waals surface area contributed by atoms with Gasteiger partial charge in [0.1, 0.15) is 16.9 Å². The van der Waals surface area contributed by atoms with Crippen molar-refractivity contribution < 1.29 is 22.7 Å². The number of carbonyl (C=O) groups excluding carboxylic acids is 1. The number of methoxy groups -OCH3 is 1. The highest BCUT2D eigenvalue weighted by atomic mass is 32.2. The Morgan fingerprint density at radius 1 is 1.32 bits per heavy atom. The number of alkyl halides is 3. The van der Waals surface area contributed by atoms with E-state index in [0.717, 1.165) is 0 Å². The number of hydrogen-bond donors (Lipinski definition) is 1. The van der Waals surface area contributed by atoms with Gasteiger partial charge in [-0.1, -0.05) is 36.5 Å². The lowest BCUT2D eigenvalue weighted by Gasteiger charge is -2.10. The standard InChI is InChI=1S/C19H14F3N5O2S2/c1-3-30-17-12(16(29-2)24-9-25-17)15(28)27-18-26-14(19(20,21)22)13(31-18)11-7-5-4-6-10(11)8-23/h4-7,9H,3H2,1-2H3,(H,26,27,28). The molecule has 31 heavy (non-hydrogen) atoms. The van der Waals surface area contributed by atoms with E-state index < -0.39 is 17.8 Å². The van der Waals surface area contributed by atoms with Gasteiger partial charge in [0.25, 0.3) is 5.91 Å². The van der Waals surface area contributed by atoms with Crippen molar-refractivity contribution in [1.29, 1.82) is 5.26 Å². The normalized spacial score (nSPS) is 11.1. The Hall–Kier alpha value is -3.17. The number of nitrogens with one attached hydrogen (secondary N) is 1. The monoisotopic (exact) mass is 465 g/mol. The number of aromatic nitrogens is 3. The first-order valence-electron chi connectivity index (χ1n) is 8.70. The van der Waals surface area contributed by atoms with Crippen LogP contribution in [0.1, 0.15) is 28.5 Å². The molecule has 3 aromatic rings. The summed E-state index contributed by atoms with van der Waals surface area (Å²) in [7, 11) is 1.32. The number of amides is 1. The Morgan fingerprint density at radius 2 is 2.06 bits per heavy atom. The van der Waals surface area contributed by atoms with Crippen molar-refractivity contribution in [2.75, 3.05) is 18.2 Å². The number of nitriles is 1. The van der Waals surface area contributed by atoms with E-state index in [1.165, 1.54) is 43.4 Å². The van der Waals surface area contributed by atoms with E-state index >= 15 is 0 Å². The molecule has 0 aliphatic carbocycles. The quantitative estimate of drug-likeness (QED) is 0.410. The highest BCUT2D eigenvalue weighted by Gasteiger charge is 2.39. The summed E-state index contributed by atoms with van der Waals surface area (Å²) in [4.78, 5) is 24.1. The van der Waals surface area contributed by atoms with Crippen molar-refractivity contribution in [3.63, 3.8) is 0 Å². The summed E-state index contributed by atoms with van der Waals surface area (Å²) in [6.45, 7) is 1.86. The van der Waals surface area contributed by atoms with Crippen LogP contribution in [-0.2, 0) is 6.18 Å². The van der Waals surface area contributed by atoms with Crippen molar-refractivity contribution in [3.8, 4) is 22.4 Å². The molecule has 2 aromatic heterocycles. The van der Waals surface area contributed by atoms with Gasteiger partial charge in [-0.05, 0) is 11.8 Å². The minimum absolute atomic E-state index is 0.000385. The predicted octanol–water partition coefficient (Wildman–Crippen LogP) is 4.86. The molecule has 0 radical (unpaired) electrons. The number of thioether (sulfide) groups is 1. The van der Waals surface area contributed by atoms with E-state index in [1.54, 1.807) is 6.07 Å². The van der Waals surface area contributed by atoms with Gasteiger partial charge in [-0.25, -0.2) is 15.0 Å². The summed E-state index contributed by atoms with van der Waals surface area (Å²) >= 11 is 1.88. The largest absolute Gasteiger partial charge is 0.480 e. The molecule has 3 rings (SSSR count). The third-order valence-electron chi connectivity index (χ3n) is 3.89. The van der Waals surface area contributed by atoms with Crippen LogP contribution in [0.2, 0.25) is 0 Å². The smallest absolute Gasteiger partial charge is 0.434 e. The van der Waals surface area contributed by atoms with Gasteiger partial charge in [0, 0.05) is 5.56 Å². The number of carbonyl (C=O) groups is 1. The van der Waals surface area contributed by atoms with Crippen molar-refractivity contribution in [3.05, 3.63) is 47.4 Å². The first-order chi connectivity index (χ1) is 14.8. The second-order valence-electron chi connectivity index (χ2n) is 5.80. The average Bonchev–Trinajstić information content (AvgIpc) is 3.17. The highest BCUT2D eigenvalue weighted by molar-refractivity contribution is 7.99. The molecule has 1 amide bonds. The lowest BCUT2D eigenvalue weighted by Crippen LogP contribution is -2.16. The molecule has 1 N–H and O–H groups in total. The van der Waals surface area contributed by atoms with Gasteiger partial charge in [0.05, 0.1) is 23.6 Å². The maximum absolute atomic E-state index is 13.6. The van der Waals surface area contributed by atoms with E-state index in [-0.39, 0.29) is 32.6 Å². The Morgan fingerprint density at radius 3 is 2.71 bits per heavy atom. The van der Waals surface area contributed by atoms with Gasteiger partial charge in [-0.2, -0.15) is 18.4 Å². The summed E-state index contributed by atoms with van der Waals surface area (Å²) in [5, 5.41) is 11.7. The van der Waals surface area contributed by atoms with Gasteiger partial charge in [0.2, 0.25) is 5.88 Å². The van der Waals surface area contributed by atoms with Crippen LogP contribution in [0.3, 0.4) is 0 Å². The molecule has 0 spiro atoms. The average molecular weight is 465 g/mol. The third kappa shape index (κ3) is 4.78. The van der Waals surface area contributed by atoms with Gasteiger partial charge >= 0.3 is 6.18 Å². The molecule has 0 unspecified atom stereocenters. The van der Waals surface area contributed by atoms with E-state index in [9.17, 15) is 23.2 Å². The molecule has 2 heterocycles. The molecule has 0 aliphatic rings. The van der Waals surface area contributed by atoms with Gasteiger partial charge in [-0.3, -0.25) is 10.1 Å². The van der Waals surface area contributed by atoms with Crippen LogP contribution < -0.4 is 10.1 Å². The van der Waals surface area contributed by atoms with Crippen LogP contribution in [-0.4, -0.2) is 33.7 Å². The first-order valence-corrected chi connectivity index (χ1v) is 10.5. The Kier molecular flexibility index (Phi) is 6.77. The minimum Gasteiger partial charge on any atom is -0.480 e. The van der Waals surface area contributed by atoms with Crippen LogP contribution in [0.4, 0.5) is 18.3 Å². The molecule has 0 bridgehead atoms. The van der Waals surface area contributed by atoms with Gasteiger partial charge in [-0.15, -0.1) is 11.8 Å². The number of thiazole rings is 1. The van der Waals surface area contributed by atoms with Crippen LogP contribution in [0.15, 0.2) is 35.6 Å². The summed E-state index contributed by atoms with van der Waals surface area (Å²) in [5.74, 6) is -0.160. The minimum atomic E-state index is -4.78. The van der Waals surface area contributed by atoms with E-state index in [4.69, 9.17) is 4.74 Å². The zero-order valence-electron chi connectivity index (χ0n) is 16.1. The molecule has 1 aromatic carbocycles. The molecule has 12 heteroatoms. The first kappa shape index (κ1) is 22.5. The molecule has 0 saturated heterocycles. The number of ether oxygens (including phenoxy) is 1.